The predicted octanol–water partition coefficient (Wildman–Crippen LogP) is 0.607. The van der Waals surface area contributed by atoms with Gasteiger partial charge in [-0.15, -0.1) is 0 Å². The maximum absolute atomic E-state index is 13.0. The van der Waals surface area contributed by atoms with Crippen molar-refractivity contribution in [2.45, 2.75) is 4.90 Å². The number of carbonyl (C=O) groups excluding carboxylic acids is 2. The molecule has 1 aromatic heterocycles. The lowest BCUT2D eigenvalue weighted by atomic mass is 10.3. The minimum absolute atomic E-state index is 0.0856. The summed E-state index contributed by atoms with van der Waals surface area (Å²) < 4.78 is 41.5. The van der Waals surface area contributed by atoms with E-state index < -0.39 is 34.3 Å². The van der Waals surface area contributed by atoms with Gasteiger partial charge in [0.1, 0.15) is 16.4 Å². The van der Waals surface area contributed by atoms with E-state index in [-0.39, 0.29) is 16.3 Å². The fourth-order valence-electron chi connectivity index (χ4n) is 1.86. The number of aromatic nitrogens is 1. The Balaban J connectivity index is 1.98. The van der Waals surface area contributed by atoms with Crippen LogP contribution in [0.25, 0.3) is 0 Å². The number of nitrogens with zero attached hydrogens (tertiary/aromatic N) is 1. The topological polar surface area (TPSA) is 120 Å². The number of aryl methyl sites for hydroxylation is 1. The molecule has 1 amide bonds. The number of nitrogens with one attached hydrogen (secondary N) is 1. The molecule has 2 rings (SSSR count). The molecule has 10 heteroatoms. The number of ether oxygens (including phenoxy) is 1. The Labute approximate surface area is 137 Å². The Morgan fingerprint density at radius 3 is 2.62 bits per heavy atom. The van der Waals surface area contributed by atoms with Crippen LogP contribution in [0.1, 0.15) is 10.5 Å². The summed E-state index contributed by atoms with van der Waals surface area (Å²) in [6, 6.07) is 6.25. The molecule has 0 saturated carbocycles. The molecule has 0 unspecified atom stereocenters. The van der Waals surface area contributed by atoms with Crippen molar-refractivity contribution in [1.29, 1.82) is 0 Å². The van der Waals surface area contributed by atoms with Gasteiger partial charge in [0, 0.05) is 18.9 Å². The SMILES string of the molecule is Cn1cc(S(N)(=O)=O)cc1C(=O)OCC(=O)Nc1cccc(F)c1. The van der Waals surface area contributed by atoms with Crippen LogP contribution in [-0.2, 0) is 26.6 Å². The first-order chi connectivity index (χ1) is 11.2. The maximum Gasteiger partial charge on any atom is 0.355 e. The van der Waals surface area contributed by atoms with Gasteiger partial charge in [0.15, 0.2) is 6.61 Å². The van der Waals surface area contributed by atoms with E-state index in [9.17, 15) is 22.4 Å². The molecule has 24 heavy (non-hydrogen) atoms. The maximum atomic E-state index is 13.0. The van der Waals surface area contributed by atoms with E-state index in [1.807, 2.05) is 0 Å². The second-order valence-electron chi connectivity index (χ2n) is 4.85. The van der Waals surface area contributed by atoms with E-state index in [0.717, 1.165) is 18.3 Å². The van der Waals surface area contributed by atoms with Gasteiger partial charge in [0.05, 0.1) is 0 Å². The highest BCUT2D eigenvalue weighted by Crippen LogP contribution is 2.13. The summed E-state index contributed by atoms with van der Waals surface area (Å²) in [6.45, 7) is -0.620. The molecule has 0 saturated heterocycles. The number of benzene rings is 1. The zero-order valence-corrected chi connectivity index (χ0v) is 13.3. The Morgan fingerprint density at radius 1 is 1.33 bits per heavy atom. The van der Waals surface area contributed by atoms with Crippen LogP contribution in [-0.4, -0.2) is 31.5 Å². The normalized spacial score (nSPS) is 11.1. The largest absolute Gasteiger partial charge is 0.451 e. The molecule has 0 aliphatic heterocycles. The van der Waals surface area contributed by atoms with Crippen LogP contribution in [0.3, 0.4) is 0 Å². The van der Waals surface area contributed by atoms with Crippen LogP contribution in [0.2, 0.25) is 0 Å². The summed E-state index contributed by atoms with van der Waals surface area (Å²) in [4.78, 5) is 23.3. The van der Waals surface area contributed by atoms with Crippen LogP contribution in [0.5, 0.6) is 0 Å². The molecule has 0 bridgehead atoms. The molecule has 8 nitrogen and oxygen atoms in total. The van der Waals surface area contributed by atoms with E-state index in [4.69, 9.17) is 9.88 Å². The zero-order valence-electron chi connectivity index (χ0n) is 12.5. The van der Waals surface area contributed by atoms with Gasteiger partial charge in [-0.25, -0.2) is 22.7 Å². The molecule has 3 N–H and O–H groups in total. The lowest BCUT2D eigenvalue weighted by Crippen LogP contribution is -2.21. The first-order valence-corrected chi connectivity index (χ1v) is 8.13. The van der Waals surface area contributed by atoms with E-state index in [0.29, 0.717) is 0 Å². The fourth-order valence-corrected chi connectivity index (χ4v) is 2.44. The number of nitrogens with two attached hydrogens (primary N) is 1. The van der Waals surface area contributed by atoms with Crippen molar-refractivity contribution in [2.24, 2.45) is 12.2 Å². The molecular formula is C14H14FN3O5S. The summed E-state index contributed by atoms with van der Waals surface area (Å²) in [5.41, 5.74) is 0.129. The Kier molecular flexibility index (Phi) is 5.00. The molecule has 0 aliphatic carbocycles. The van der Waals surface area contributed by atoms with Crippen LogP contribution in [0.4, 0.5) is 10.1 Å². The van der Waals surface area contributed by atoms with Crippen LogP contribution < -0.4 is 10.5 Å². The van der Waals surface area contributed by atoms with Gasteiger partial charge >= 0.3 is 5.97 Å². The standard InChI is InChI=1S/C14H14FN3O5S/c1-18-7-11(24(16,21)22)6-12(18)14(20)23-8-13(19)17-10-4-2-3-9(15)5-10/h2-7H,8H2,1H3,(H,17,19)(H2,16,21,22). The van der Waals surface area contributed by atoms with Gasteiger partial charge in [-0.05, 0) is 24.3 Å². The number of anilines is 1. The van der Waals surface area contributed by atoms with Gasteiger partial charge in [0.2, 0.25) is 10.0 Å². The number of carbonyl (C=O) groups is 2. The summed E-state index contributed by atoms with van der Waals surface area (Å²) in [7, 11) is -2.53. The van der Waals surface area contributed by atoms with Crippen molar-refractivity contribution in [3.8, 4) is 0 Å². The third-order valence-electron chi connectivity index (χ3n) is 2.96. The van der Waals surface area contributed by atoms with Crippen LogP contribution in [0, 0.1) is 5.82 Å². The predicted molar refractivity (Wildman–Crippen MR) is 82.1 cm³/mol. The van der Waals surface area contributed by atoms with E-state index in [2.05, 4.69) is 5.32 Å². The number of esters is 1. The van der Waals surface area contributed by atoms with Gasteiger partial charge in [-0.1, -0.05) is 6.07 Å². The molecule has 0 radical (unpaired) electrons. The zero-order chi connectivity index (χ0) is 17.9. The van der Waals surface area contributed by atoms with E-state index in [1.54, 1.807) is 0 Å². The van der Waals surface area contributed by atoms with Gasteiger partial charge < -0.3 is 14.6 Å². The average molecular weight is 355 g/mol. The highest BCUT2D eigenvalue weighted by Gasteiger charge is 2.19. The van der Waals surface area contributed by atoms with Crippen molar-refractivity contribution in [1.82, 2.24) is 4.57 Å². The van der Waals surface area contributed by atoms with Gasteiger partial charge in [-0.3, -0.25) is 4.79 Å². The first kappa shape index (κ1) is 17.6. The molecule has 0 aliphatic rings. The van der Waals surface area contributed by atoms with Crippen molar-refractivity contribution in [2.75, 3.05) is 11.9 Å². The number of halogens is 1. The molecule has 0 atom stereocenters. The minimum atomic E-state index is -3.96. The lowest BCUT2D eigenvalue weighted by molar-refractivity contribution is -0.119. The molecule has 128 valence electrons. The Morgan fingerprint density at radius 2 is 2.04 bits per heavy atom. The molecule has 0 spiro atoms. The molecule has 0 fully saturated rings. The number of hydrogen-bond acceptors (Lipinski definition) is 5. The average Bonchev–Trinajstić information content (AvgIpc) is 2.87. The van der Waals surface area contributed by atoms with Crippen molar-refractivity contribution in [3.63, 3.8) is 0 Å². The number of rotatable bonds is 5. The smallest absolute Gasteiger partial charge is 0.355 e. The third kappa shape index (κ3) is 4.40. The molecule has 1 heterocycles. The quantitative estimate of drug-likeness (QED) is 0.761. The monoisotopic (exact) mass is 355 g/mol. The number of sulfonamides is 1. The van der Waals surface area contributed by atoms with Crippen LogP contribution >= 0.6 is 0 Å². The van der Waals surface area contributed by atoms with Crippen molar-refractivity contribution >= 4 is 27.6 Å². The highest BCUT2D eigenvalue weighted by atomic mass is 32.2. The summed E-state index contributed by atoms with van der Waals surface area (Å²) in [5.74, 6) is -2.10. The highest BCUT2D eigenvalue weighted by molar-refractivity contribution is 7.89. The lowest BCUT2D eigenvalue weighted by Gasteiger charge is -2.07. The number of primary sulfonamides is 1. The first-order valence-electron chi connectivity index (χ1n) is 6.58. The van der Waals surface area contributed by atoms with Gasteiger partial charge in [-0.2, -0.15) is 0 Å². The minimum Gasteiger partial charge on any atom is -0.451 e. The fraction of sp³-hybridized carbons (Fsp3) is 0.143. The Hall–Kier alpha value is -2.72. The second kappa shape index (κ2) is 6.81. The second-order valence-corrected chi connectivity index (χ2v) is 6.41. The van der Waals surface area contributed by atoms with Crippen molar-refractivity contribution in [3.05, 3.63) is 48.0 Å². The molecule has 2 aromatic rings. The van der Waals surface area contributed by atoms with E-state index >= 15 is 0 Å². The summed E-state index contributed by atoms with van der Waals surface area (Å²) in [5, 5.41) is 7.33. The van der Waals surface area contributed by atoms with E-state index in [1.165, 1.54) is 29.8 Å². The van der Waals surface area contributed by atoms with Crippen LogP contribution in [0.15, 0.2) is 41.4 Å². The van der Waals surface area contributed by atoms with Crippen molar-refractivity contribution < 1.29 is 27.1 Å². The Bertz CT molecular complexity index is 892. The summed E-state index contributed by atoms with van der Waals surface area (Å²) in [6.07, 6.45) is 1.15. The molecule has 1 aromatic carbocycles. The van der Waals surface area contributed by atoms with Gasteiger partial charge in [0.25, 0.3) is 5.91 Å². The number of amides is 1. The third-order valence-corrected chi connectivity index (χ3v) is 3.84. The molecular weight excluding hydrogens is 341 g/mol. The number of hydrogen-bond donors (Lipinski definition) is 2. The summed E-state index contributed by atoms with van der Waals surface area (Å²) >= 11 is 0.